The molecule has 0 radical (unpaired) electrons. The van der Waals surface area contributed by atoms with Crippen LogP contribution in [-0.4, -0.2) is 0 Å². The fourth-order valence-corrected chi connectivity index (χ4v) is 4.70. The van der Waals surface area contributed by atoms with E-state index in [0.29, 0.717) is 17.4 Å². The van der Waals surface area contributed by atoms with Gasteiger partial charge in [-0.15, -0.1) is 0 Å². The van der Waals surface area contributed by atoms with E-state index in [1.165, 1.54) is 28.5 Å². The first kappa shape index (κ1) is 12.4. The van der Waals surface area contributed by atoms with Crippen LogP contribution in [0.1, 0.15) is 37.8 Å². The van der Waals surface area contributed by atoms with Crippen molar-refractivity contribution >= 4 is 10.8 Å². The Bertz CT molecular complexity index is 911. The molecule has 1 heteroatoms. The second-order valence-electron chi connectivity index (χ2n) is 7.03. The highest BCUT2D eigenvalue weighted by Crippen LogP contribution is 2.70. The number of rotatable bonds is 1. The van der Waals surface area contributed by atoms with Crippen molar-refractivity contribution in [2.45, 2.75) is 32.2 Å². The van der Waals surface area contributed by atoms with Crippen LogP contribution in [0.15, 0.2) is 60.8 Å². The van der Waals surface area contributed by atoms with Gasteiger partial charge in [0.15, 0.2) is 12.2 Å². The molecule has 0 saturated heterocycles. The van der Waals surface area contributed by atoms with Gasteiger partial charge in [0.1, 0.15) is 0 Å². The van der Waals surface area contributed by atoms with E-state index >= 15 is 0 Å². The van der Waals surface area contributed by atoms with E-state index in [1.54, 1.807) is 5.56 Å². The Morgan fingerprint density at radius 3 is 2.64 bits per heavy atom. The molecule has 2 heterocycles. The van der Waals surface area contributed by atoms with Crippen LogP contribution >= 0.6 is 0 Å². The summed E-state index contributed by atoms with van der Waals surface area (Å²) in [6.45, 7) is 4.79. The SMILES string of the molecule is CCC1(C)C2c3ccccc3-c3c4ccccc4cc[n+]3C21. The highest BCUT2D eigenvalue weighted by molar-refractivity contribution is 5.94. The Balaban J connectivity index is 1.92. The number of pyridine rings is 1. The summed E-state index contributed by atoms with van der Waals surface area (Å²) in [5.74, 6) is 0.673. The Morgan fingerprint density at radius 2 is 1.77 bits per heavy atom. The number of benzene rings is 2. The van der Waals surface area contributed by atoms with Crippen LogP contribution < -0.4 is 4.57 Å². The monoisotopic (exact) mass is 286 g/mol. The summed E-state index contributed by atoms with van der Waals surface area (Å²) in [5.41, 5.74) is 4.78. The molecule has 108 valence electrons. The van der Waals surface area contributed by atoms with Crippen LogP contribution in [0.5, 0.6) is 0 Å². The highest BCUT2D eigenvalue weighted by atomic mass is 15.1. The van der Waals surface area contributed by atoms with Crippen molar-refractivity contribution in [3.05, 3.63) is 66.4 Å². The zero-order valence-electron chi connectivity index (χ0n) is 13.1. The summed E-state index contributed by atoms with van der Waals surface area (Å²) >= 11 is 0. The van der Waals surface area contributed by atoms with Crippen molar-refractivity contribution in [1.82, 2.24) is 0 Å². The van der Waals surface area contributed by atoms with E-state index in [4.69, 9.17) is 0 Å². The predicted octanol–water partition coefficient (Wildman–Crippen LogP) is 4.86. The molecule has 0 spiro atoms. The number of nitrogens with zero attached hydrogens (tertiary/aromatic N) is 1. The molecule has 3 aromatic rings. The van der Waals surface area contributed by atoms with Crippen molar-refractivity contribution in [2.24, 2.45) is 5.41 Å². The van der Waals surface area contributed by atoms with Gasteiger partial charge in [-0.2, -0.15) is 4.57 Å². The molecule has 1 fully saturated rings. The van der Waals surface area contributed by atoms with E-state index < -0.39 is 0 Å². The average Bonchev–Trinajstić information content (AvgIpc) is 3.21. The number of hydrogen-bond acceptors (Lipinski definition) is 0. The number of aromatic nitrogens is 1. The topological polar surface area (TPSA) is 3.88 Å². The molecule has 1 nitrogen and oxygen atoms in total. The third-order valence-electron chi connectivity index (χ3n) is 6.09. The lowest BCUT2D eigenvalue weighted by Crippen LogP contribution is -2.39. The van der Waals surface area contributed by atoms with Crippen LogP contribution in [-0.2, 0) is 0 Å². The molecule has 1 aliphatic carbocycles. The Morgan fingerprint density at radius 1 is 1.00 bits per heavy atom. The molecule has 0 bridgehead atoms. The molecular formula is C21H20N+. The minimum atomic E-state index is 0.397. The lowest BCUT2D eigenvalue weighted by molar-refractivity contribution is -0.696. The van der Waals surface area contributed by atoms with Crippen LogP contribution in [0.25, 0.3) is 22.0 Å². The summed E-state index contributed by atoms with van der Waals surface area (Å²) in [4.78, 5) is 0. The van der Waals surface area contributed by atoms with E-state index in [9.17, 15) is 0 Å². The summed E-state index contributed by atoms with van der Waals surface area (Å²) in [5, 5.41) is 2.71. The fraction of sp³-hybridized carbons (Fsp3) is 0.286. The van der Waals surface area contributed by atoms with Crippen LogP contribution in [0.4, 0.5) is 0 Å². The van der Waals surface area contributed by atoms with Crippen LogP contribution in [0.2, 0.25) is 0 Å². The number of hydrogen-bond donors (Lipinski definition) is 0. The summed E-state index contributed by atoms with van der Waals surface area (Å²) in [7, 11) is 0. The van der Waals surface area contributed by atoms with E-state index in [1.807, 2.05) is 0 Å². The van der Waals surface area contributed by atoms with E-state index in [2.05, 4.69) is 79.2 Å². The molecule has 1 saturated carbocycles. The lowest BCUT2D eigenvalue weighted by Gasteiger charge is -2.15. The first-order valence-electron chi connectivity index (χ1n) is 8.28. The van der Waals surface area contributed by atoms with Crippen LogP contribution in [0.3, 0.4) is 0 Å². The average molecular weight is 286 g/mol. The quantitative estimate of drug-likeness (QED) is 0.562. The van der Waals surface area contributed by atoms with Gasteiger partial charge < -0.3 is 0 Å². The molecular weight excluding hydrogens is 266 g/mol. The second-order valence-corrected chi connectivity index (χ2v) is 7.03. The van der Waals surface area contributed by atoms with Crippen molar-refractivity contribution < 1.29 is 4.57 Å². The third-order valence-corrected chi connectivity index (χ3v) is 6.09. The molecule has 0 N–H and O–H groups in total. The summed E-state index contributed by atoms with van der Waals surface area (Å²) < 4.78 is 2.55. The molecule has 22 heavy (non-hydrogen) atoms. The maximum absolute atomic E-state index is 2.55. The minimum Gasteiger partial charge on any atom is -0.194 e. The normalized spacial score (nSPS) is 27.9. The van der Waals surface area contributed by atoms with Gasteiger partial charge in [-0.25, -0.2) is 0 Å². The molecule has 3 unspecified atom stereocenters. The maximum Gasteiger partial charge on any atom is 0.220 e. The van der Waals surface area contributed by atoms with Crippen molar-refractivity contribution in [3.63, 3.8) is 0 Å². The third kappa shape index (κ3) is 1.32. The first-order chi connectivity index (χ1) is 10.8. The van der Waals surface area contributed by atoms with Crippen molar-refractivity contribution in [2.75, 3.05) is 0 Å². The van der Waals surface area contributed by atoms with Gasteiger partial charge in [-0.3, -0.25) is 0 Å². The number of fused-ring (bicyclic) bond motifs is 8. The van der Waals surface area contributed by atoms with Gasteiger partial charge in [-0.1, -0.05) is 50.2 Å². The molecule has 0 amide bonds. The standard InChI is InChI=1S/C21H20N/c1-3-21(2)18-16-10-6-7-11-17(16)19-15-9-5-4-8-14(15)12-13-22(19)20(18)21/h4-13,18,20H,3H2,1-2H3/q+1. The van der Waals surface area contributed by atoms with Gasteiger partial charge in [0, 0.05) is 11.5 Å². The van der Waals surface area contributed by atoms with Crippen molar-refractivity contribution in [1.29, 1.82) is 0 Å². The zero-order valence-corrected chi connectivity index (χ0v) is 13.1. The highest BCUT2D eigenvalue weighted by Gasteiger charge is 2.70. The largest absolute Gasteiger partial charge is 0.220 e. The van der Waals surface area contributed by atoms with E-state index in [-0.39, 0.29) is 0 Å². The Labute approximate surface area is 131 Å². The Hall–Kier alpha value is -2.15. The zero-order chi connectivity index (χ0) is 14.9. The summed E-state index contributed by atoms with van der Waals surface area (Å²) in [6, 6.07) is 20.7. The summed E-state index contributed by atoms with van der Waals surface area (Å²) in [6.07, 6.45) is 3.54. The molecule has 2 aromatic carbocycles. The predicted molar refractivity (Wildman–Crippen MR) is 89.8 cm³/mol. The second kappa shape index (κ2) is 3.98. The smallest absolute Gasteiger partial charge is 0.194 e. The lowest BCUT2D eigenvalue weighted by atomic mass is 9.92. The van der Waals surface area contributed by atoms with Crippen molar-refractivity contribution in [3.8, 4) is 11.3 Å². The Kier molecular flexibility index (Phi) is 2.24. The van der Waals surface area contributed by atoms with Gasteiger partial charge in [-0.05, 0) is 29.5 Å². The maximum atomic E-state index is 2.55. The molecule has 1 aliphatic heterocycles. The molecule has 2 aliphatic rings. The van der Waals surface area contributed by atoms with Gasteiger partial charge in [0.2, 0.25) is 5.69 Å². The van der Waals surface area contributed by atoms with Crippen LogP contribution in [0, 0.1) is 5.41 Å². The minimum absolute atomic E-state index is 0.397. The van der Waals surface area contributed by atoms with E-state index in [0.717, 1.165) is 0 Å². The van der Waals surface area contributed by atoms with Gasteiger partial charge >= 0.3 is 0 Å². The van der Waals surface area contributed by atoms with Gasteiger partial charge in [0.25, 0.3) is 0 Å². The molecule has 5 rings (SSSR count). The molecule has 3 atom stereocenters. The molecule has 1 aromatic heterocycles. The fourth-order valence-electron chi connectivity index (χ4n) is 4.70. The van der Waals surface area contributed by atoms with Gasteiger partial charge in [0.05, 0.1) is 16.9 Å². The first-order valence-corrected chi connectivity index (χ1v) is 8.28.